The highest BCUT2D eigenvalue weighted by Crippen LogP contribution is 1.77. The Morgan fingerprint density at radius 1 is 1.67 bits per heavy atom. The largest absolute Gasteiger partial charge is 0.269 e. The Hall–Kier alpha value is -0.510. The topological polar surface area (TPSA) is 0 Å². The molecule has 0 rings (SSSR count). The molecule has 0 amide bonds. The highest BCUT2D eigenvalue weighted by atomic mass is 19.0. The lowest BCUT2D eigenvalue weighted by Crippen LogP contribution is -1.53. The lowest BCUT2D eigenvalue weighted by Gasteiger charge is -1.69. The van der Waals surface area contributed by atoms with Crippen molar-refractivity contribution in [3.05, 3.63) is 0 Å². The highest BCUT2D eigenvalue weighted by molar-refractivity contribution is 4.81. The van der Waals surface area contributed by atoms with Crippen LogP contribution in [0.1, 0.15) is 19.8 Å². The lowest BCUT2D eigenvalue weighted by atomic mass is 10.4. The summed E-state index contributed by atoms with van der Waals surface area (Å²) in [5.74, 6) is 2.52. The molecule has 0 spiro atoms. The second-order valence-corrected chi connectivity index (χ2v) is 0.954. The molecule has 0 bridgehead atoms. The van der Waals surface area contributed by atoms with Gasteiger partial charge in [0.1, 0.15) is 0 Å². The van der Waals surface area contributed by atoms with Crippen molar-refractivity contribution in [1.29, 1.82) is 0 Å². The molecule has 36 valence electrons. The lowest BCUT2D eigenvalue weighted by molar-refractivity contribution is 0.984. The smallest absolute Gasteiger partial charge is 0.00834 e. The molecule has 1 heteroatoms. The van der Waals surface area contributed by atoms with E-state index >= 15 is 0 Å². The van der Waals surface area contributed by atoms with Crippen molar-refractivity contribution in [3.63, 3.8) is 0 Å². The molecule has 0 fully saturated rings. The molecule has 0 aliphatic carbocycles. The minimum absolute atomic E-state index is 0. The predicted octanol–water partition coefficient (Wildman–Crippen LogP) is 1.57. The minimum Gasteiger partial charge on any atom is -0.269 e. The van der Waals surface area contributed by atoms with E-state index in [-0.39, 0.29) is 4.70 Å². The van der Waals surface area contributed by atoms with Crippen molar-refractivity contribution < 1.29 is 4.70 Å². The van der Waals surface area contributed by atoms with Crippen molar-refractivity contribution in [2.75, 3.05) is 0 Å². The van der Waals surface area contributed by atoms with E-state index in [1.54, 1.807) is 0 Å². The molecule has 0 atom stereocenters. The third-order valence-corrected chi connectivity index (χ3v) is 0.394. The van der Waals surface area contributed by atoms with Crippen molar-refractivity contribution in [2.24, 2.45) is 0 Å². The zero-order valence-corrected chi connectivity index (χ0v) is 3.90. The number of unbranched alkanes of at least 4 members (excludes halogenated alkanes) is 1. The molecule has 0 aromatic carbocycles. The average Bonchev–Trinajstić information content (AvgIpc) is 1.41. The van der Waals surface area contributed by atoms with Gasteiger partial charge in [0, 0.05) is 6.42 Å². The number of rotatable bonds is 1. The van der Waals surface area contributed by atoms with E-state index in [0.29, 0.717) is 0 Å². The first-order valence-electron chi connectivity index (χ1n) is 1.85. The van der Waals surface area contributed by atoms with Gasteiger partial charge in [0.05, 0.1) is 0 Å². The molecule has 0 heterocycles. The molecule has 0 saturated carbocycles. The molecule has 0 unspecified atom stereocenters. The Bertz CT molecular complexity index is 42.4. The summed E-state index contributed by atoms with van der Waals surface area (Å²) < 4.78 is 0. The number of halogens is 1. The molecule has 0 aromatic heterocycles. The summed E-state index contributed by atoms with van der Waals surface area (Å²) in [5, 5.41) is 0. The summed E-state index contributed by atoms with van der Waals surface area (Å²) in [6.45, 7) is 2.07. The van der Waals surface area contributed by atoms with Crippen molar-refractivity contribution in [1.82, 2.24) is 0 Å². The van der Waals surface area contributed by atoms with E-state index in [0.717, 1.165) is 12.8 Å². The maximum absolute atomic E-state index is 4.89. The van der Waals surface area contributed by atoms with E-state index in [1.807, 2.05) is 0 Å². The molecule has 6 heavy (non-hydrogen) atoms. The third kappa shape index (κ3) is 9.75. The van der Waals surface area contributed by atoms with Crippen LogP contribution in [0.4, 0.5) is 4.70 Å². The monoisotopic (exact) mass is 88.1 g/mol. The standard InChI is InChI=1S/C5H8.FH/c1-3-5-4-2;/h1H,4-5H2,2H3;1H. The van der Waals surface area contributed by atoms with E-state index in [2.05, 4.69) is 12.8 Å². The first kappa shape index (κ1) is 9.09. The van der Waals surface area contributed by atoms with Crippen LogP contribution in [0.25, 0.3) is 0 Å². The van der Waals surface area contributed by atoms with Gasteiger partial charge in [-0.1, -0.05) is 6.92 Å². The molecule has 0 aliphatic rings. The quantitative estimate of drug-likeness (QED) is 0.427. The maximum Gasteiger partial charge on any atom is 0.00834 e. The van der Waals surface area contributed by atoms with Gasteiger partial charge in [0.2, 0.25) is 0 Å². The highest BCUT2D eigenvalue weighted by Gasteiger charge is 1.61. The zero-order valence-electron chi connectivity index (χ0n) is 3.90. The number of terminal acetylenes is 1. The van der Waals surface area contributed by atoms with Crippen LogP contribution in [0.2, 0.25) is 0 Å². The van der Waals surface area contributed by atoms with Crippen molar-refractivity contribution in [3.8, 4) is 12.3 Å². The van der Waals surface area contributed by atoms with E-state index in [1.165, 1.54) is 0 Å². The number of hydrogen-bond acceptors (Lipinski definition) is 0. The Balaban J connectivity index is 0. The van der Waals surface area contributed by atoms with Gasteiger partial charge in [-0.3, -0.25) is 4.70 Å². The molecule has 0 radical (unpaired) electrons. The van der Waals surface area contributed by atoms with Crippen molar-refractivity contribution in [2.45, 2.75) is 19.8 Å². The Labute approximate surface area is 37.9 Å². The molecule has 0 aromatic rings. The maximum atomic E-state index is 4.89. The first-order valence-corrected chi connectivity index (χ1v) is 1.85. The summed E-state index contributed by atoms with van der Waals surface area (Å²) in [6, 6.07) is 0. The van der Waals surface area contributed by atoms with Gasteiger partial charge in [0.15, 0.2) is 0 Å². The first-order chi connectivity index (χ1) is 2.41. The van der Waals surface area contributed by atoms with E-state index < -0.39 is 0 Å². The van der Waals surface area contributed by atoms with Gasteiger partial charge >= 0.3 is 0 Å². The summed E-state index contributed by atoms with van der Waals surface area (Å²) in [7, 11) is 0. The normalized spacial score (nSPS) is 5.33. The van der Waals surface area contributed by atoms with Crippen LogP contribution < -0.4 is 0 Å². The minimum atomic E-state index is 0. The second kappa shape index (κ2) is 8.82. The predicted molar refractivity (Wildman–Crippen MR) is 26.2 cm³/mol. The van der Waals surface area contributed by atoms with Gasteiger partial charge in [-0.05, 0) is 6.42 Å². The van der Waals surface area contributed by atoms with Crippen molar-refractivity contribution >= 4 is 0 Å². The van der Waals surface area contributed by atoms with E-state index in [4.69, 9.17) is 6.42 Å². The SMILES string of the molecule is C#CCCC.F. The van der Waals surface area contributed by atoms with Crippen LogP contribution in [0.5, 0.6) is 0 Å². The van der Waals surface area contributed by atoms with Gasteiger partial charge < -0.3 is 0 Å². The molecule has 0 aliphatic heterocycles. The summed E-state index contributed by atoms with van der Waals surface area (Å²) in [4.78, 5) is 0. The average molecular weight is 88.1 g/mol. The molecular weight excluding hydrogens is 79.1 g/mol. The van der Waals surface area contributed by atoms with Crippen LogP contribution in [-0.2, 0) is 0 Å². The Kier molecular flexibility index (Phi) is 13.4. The van der Waals surface area contributed by atoms with Crippen LogP contribution in [0.15, 0.2) is 0 Å². The van der Waals surface area contributed by atoms with Crippen LogP contribution in [0.3, 0.4) is 0 Å². The molecule has 0 saturated heterocycles. The van der Waals surface area contributed by atoms with Crippen LogP contribution in [0, 0.1) is 12.3 Å². The van der Waals surface area contributed by atoms with Gasteiger partial charge in [-0.2, -0.15) is 0 Å². The summed E-state index contributed by atoms with van der Waals surface area (Å²) >= 11 is 0. The van der Waals surface area contributed by atoms with Crippen LogP contribution >= 0.6 is 0 Å². The zero-order chi connectivity index (χ0) is 4.12. The number of hydrogen-bond donors (Lipinski definition) is 0. The summed E-state index contributed by atoms with van der Waals surface area (Å²) in [6.07, 6.45) is 6.91. The fourth-order valence-corrected chi connectivity index (χ4v) is 0.144. The fraction of sp³-hybridized carbons (Fsp3) is 0.600. The Morgan fingerprint density at radius 3 is 2.17 bits per heavy atom. The van der Waals surface area contributed by atoms with Gasteiger partial charge in [-0.15, -0.1) is 12.3 Å². The van der Waals surface area contributed by atoms with Crippen LogP contribution in [-0.4, -0.2) is 0 Å². The fourth-order valence-electron chi connectivity index (χ4n) is 0.144. The molecular formula is C5H9F. The van der Waals surface area contributed by atoms with Gasteiger partial charge in [0.25, 0.3) is 0 Å². The summed E-state index contributed by atoms with van der Waals surface area (Å²) in [5.41, 5.74) is 0. The van der Waals surface area contributed by atoms with E-state index in [9.17, 15) is 0 Å². The second-order valence-electron chi connectivity index (χ2n) is 0.954. The Morgan fingerprint density at radius 2 is 2.17 bits per heavy atom. The molecule has 0 N–H and O–H groups in total. The third-order valence-electron chi connectivity index (χ3n) is 0.394. The van der Waals surface area contributed by atoms with Gasteiger partial charge in [-0.25, -0.2) is 0 Å². The molecule has 0 nitrogen and oxygen atoms in total.